The molecule has 1 aromatic carbocycles. The molecule has 122 valence electrons. The van der Waals surface area contributed by atoms with Crippen molar-refractivity contribution in [3.63, 3.8) is 0 Å². The molecule has 0 saturated heterocycles. The van der Waals surface area contributed by atoms with Crippen LogP contribution in [0.25, 0.3) is 0 Å². The zero-order valence-corrected chi connectivity index (χ0v) is 13.6. The summed E-state index contributed by atoms with van der Waals surface area (Å²) in [5.41, 5.74) is 0. The lowest BCUT2D eigenvalue weighted by Gasteiger charge is -2.19. The summed E-state index contributed by atoms with van der Waals surface area (Å²) in [5.74, 6) is -1.41. The molecule has 0 radical (unpaired) electrons. The van der Waals surface area contributed by atoms with E-state index >= 15 is 0 Å². The zero-order chi connectivity index (χ0) is 16.7. The predicted octanol–water partition coefficient (Wildman–Crippen LogP) is 2.37. The van der Waals surface area contributed by atoms with Gasteiger partial charge in [-0.1, -0.05) is 23.2 Å². The molecule has 0 spiro atoms. The number of halogens is 2. The summed E-state index contributed by atoms with van der Waals surface area (Å²) in [5, 5.41) is 12.1. The van der Waals surface area contributed by atoms with Gasteiger partial charge in [0.1, 0.15) is 11.8 Å². The lowest BCUT2D eigenvalue weighted by molar-refractivity contribution is -0.143. The van der Waals surface area contributed by atoms with Crippen molar-refractivity contribution in [2.24, 2.45) is 0 Å². The van der Waals surface area contributed by atoms with Gasteiger partial charge in [-0.3, -0.25) is 4.79 Å². The highest BCUT2D eigenvalue weighted by Crippen LogP contribution is 2.28. The summed E-state index contributed by atoms with van der Waals surface area (Å²) in [4.78, 5) is 23.1. The first-order valence-corrected chi connectivity index (χ1v) is 7.24. The number of carboxylic acids is 1. The molecule has 2 unspecified atom stereocenters. The first-order chi connectivity index (χ1) is 10.3. The second-order valence-electron chi connectivity index (χ2n) is 4.52. The minimum Gasteiger partial charge on any atom is -0.480 e. The number of carbonyl (C=O) groups excluding carboxylic acids is 1. The highest BCUT2D eigenvalue weighted by Gasteiger charge is 2.24. The molecular weight excluding hydrogens is 333 g/mol. The largest absolute Gasteiger partial charge is 0.480 e. The highest BCUT2D eigenvalue weighted by molar-refractivity contribution is 6.35. The number of methoxy groups -OCH3 is 1. The number of hydrogen-bond donors (Lipinski definition) is 2. The summed E-state index contributed by atoms with van der Waals surface area (Å²) >= 11 is 11.7. The van der Waals surface area contributed by atoms with Crippen molar-refractivity contribution in [1.29, 1.82) is 0 Å². The standard InChI is InChI=1S/C14H17Cl2NO5/c1-8(22-12-4-3-9(15)7-10(12)16)13(18)17-11(14(19)20)5-6-21-2/h3-4,7-8,11H,5-6H2,1-2H3,(H,17,18)(H,19,20). The van der Waals surface area contributed by atoms with Crippen molar-refractivity contribution in [3.8, 4) is 5.75 Å². The third-order valence-corrected chi connectivity index (χ3v) is 3.32. The molecule has 0 aliphatic rings. The maximum Gasteiger partial charge on any atom is 0.326 e. The van der Waals surface area contributed by atoms with Gasteiger partial charge in [-0.15, -0.1) is 0 Å². The minimum atomic E-state index is -1.14. The summed E-state index contributed by atoms with van der Waals surface area (Å²) in [6.07, 6.45) is -0.755. The fourth-order valence-corrected chi connectivity index (χ4v) is 2.05. The molecule has 8 heteroatoms. The van der Waals surface area contributed by atoms with Crippen LogP contribution in [0.2, 0.25) is 10.0 Å². The number of hydrogen-bond acceptors (Lipinski definition) is 4. The molecule has 0 heterocycles. The monoisotopic (exact) mass is 349 g/mol. The van der Waals surface area contributed by atoms with Crippen LogP contribution in [0.5, 0.6) is 5.75 Å². The van der Waals surface area contributed by atoms with Crippen molar-refractivity contribution >= 4 is 35.1 Å². The summed E-state index contributed by atoms with van der Waals surface area (Å²) in [6.45, 7) is 1.71. The van der Waals surface area contributed by atoms with Gasteiger partial charge >= 0.3 is 5.97 Å². The maximum absolute atomic E-state index is 12.0. The molecule has 0 fully saturated rings. The van der Waals surface area contributed by atoms with Crippen molar-refractivity contribution in [2.45, 2.75) is 25.5 Å². The lowest BCUT2D eigenvalue weighted by atomic mass is 10.2. The quantitative estimate of drug-likeness (QED) is 0.752. The normalized spacial score (nSPS) is 13.3. The molecule has 1 amide bonds. The molecule has 1 aromatic rings. The average molecular weight is 350 g/mol. The van der Waals surface area contributed by atoms with E-state index < -0.39 is 24.0 Å². The molecule has 2 N–H and O–H groups in total. The van der Waals surface area contributed by atoms with Crippen molar-refractivity contribution < 1.29 is 24.2 Å². The molecule has 1 rings (SSSR count). The van der Waals surface area contributed by atoms with E-state index in [2.05, 4.69) is 5.32 Å². The topological polar surface area (TPSA) is 84.9 Å². The van der Waals surface area contributed by atoms with Crippen LogP contribution in [0.15, 0.2) is 18.2 Å². The van der Waals surface area contributed by atoms with Gasteiger partial charge in [0, 0.05) is 25.2 Å². The SMILES string of the molecule is COCCC(NC(=O)C(C)Oc1ccc(Cl)cc1Cl)C(=O)O. The second-order valence-corrected chi connectivity index (χ2v) is 5.36. The Balaban J connectivity index is 2.65. The van der Waals surface area contributed by atoms with Gasteiger partial charge in [0.2, 0.25) is 0 Å². The smallest absolute Gasteiger partial charge is 0.326 e. The third kappa shape index (κ3) is 5.71. The molecule has 0 aliphatic heterocycles. The Morgan fingerprint density at radius 1 is 1.36 bits per heavy atom. The van der Waals surface area contributed by atoms with E-state index in [0.717, 1.165) is 0 Å². The van der Waals surface area contributed by atoms with Crippen LogP contribution in [-0.4, -0.2) is 42.8 Å². The fourth-order valence-electron chi connectivity index (χ4n) is 1.60. The first kappa shape index (κ1) is 18.5. The number of nitrogens with one attached hydrogen (secondary N) is 1. The number of amides is 1. The number of carbonyl (C=O) groups is 2. The van der Waals surface area contributed by atoms with E-state index in [1.807, 2.05) is 0 Å². The van der Waals surface area contributed by atoms with Gasteiger partial charge in [0.05, 0.1) is 5.02 Å². The van der Waals surface area contributed by atoms with Crippen molar-refractivity contribution in [1.82, 2.24) is 5.32 Å². The van der Waals surface area contributed by atoms with Crippen LogP contribution in [-0.2, 0) is 14.3 Å². The van der Waals surface area contributed by atoms with Gasteiger partial charge in [-0.25, -0.2) is 4.79 Å². The van der Waals surface area contributed by atoms with E-state index in [9.17, 15) is 9.59 Å². The fraction of sp³-hybridized carbons (Fsp3) is 0.429. The van der Waals surface area contributed by atoms with Gasteiger partial charge in [-0.05, 0) is 25.1 Å². The Kier molecular flexibility index (Phi) is 7.44. The highest BCUT2D eigenvalue weighted by atomic mass is 35.5. The van der Waals surface area contributed by atoms with Crippen LogP contribution >= 0.6 is 23.2 Å². The van der Waals surface area contributed by atoms with Crippen LogP contribution in [0.1, 0.15) is 13.3 Å². The van der Waals surface area contributed by atoms with Crippen molar-refractivity contribution in [3.05, 3.63) is 28.2 Å². The maximum atomic E-state index is 12.0. The molecule has 6 nitrogen and oxygen atoms in total. The summed E-state index contributed by atoms with van der Waals surface area (Å²) in [6, 6.07) is 3.56. The van der Waals surface area contributed by atoms with Crippen LogP contribution in [0, 0.1) is 0 Å². The van der Waals surface area contributed by atoms with E-state index in [1.165, 1.54) is 26.2 Å². The van der Waals surface area contributed by atoms with Crippen LogP contribution < -0.4 is 10.1 Å². The Morgan fingerprint density at radius 2 is 2.05 bits per heavy atom. The summed E-state index contributed by atoms with van der Waals surface area (Å²) < 4.78 is 10.2. The predicted molar refractivity (Wildman–Crippen MR) is 82.6 cm³/mol. The first-order valence-electron chi connectivity index (χ1n) is 6.49. The third-order valence-electron chi connectivity index (χ3n) is 2.79. The van der Waals surface area contributed by atoms with E-state index in [1.54, 1.807) is 6.07 Å². The minimum absolute atomic E-state index is 0.159. The number of benzene rings is 1. The Bertz CT molecular complexity index is 538. The lowest BCUT2D eigenvalue weighted by Crippen LogP contribution is -2.46. The van der Waals surface area contributed by atoms with Gasteiger partial charge in [-0.2, -0.15) is 0 Å². The van der Waals surface area contributed by atoms with Crippen LogP contribution in [0.4, 0.5) is 0 Å². The molecule has 0 saturated carbocycles. The van der Waals surface area contributed by atoms with Gasteiger partial charge in [0.15, 0.2) is 6.10 Å². The Morgan fingerprint density at radius 3 is 2.59 bits per heavy atom. The Hall–Kier alpha value is -1.50. The van der Waals surface area contributed by atoms with E-state index in [0.29, 0.717) is 5.02 Å². The molecule has 2 atom stereocenters. The number of aliphatic carboxylic acids is 1. The van der Waals surface area contributed by atoms with Crippen LogP contribution in [0.3, 0.4) is 0 Å². The molecule has 0 bridgehead atoms. The second kappa shape index (κ2) is 8.82. The number of carboxylic acid groups (broad SMARTS) is 1. The molecule has 22 heavy (non-hydrogen) atoms. The number of rotatable bonds is 8. The van der Waals surface area contributed by atoms with E-state index in [4.69, 9.17) is 37.8 Å². The average Bonchev–Trinajstić information content (AvgIpc) is 2.45. The summed E-state index contributed by atoms with van der Waals surface area (Å²) in [7, 11) is 1.45. The molecular formula is C14H17Cl2NO5. The van der Waals surface area contributed by atoms with Gasteiger partial charge in [0.25, 0.3) is 5.91 Å². The molecule has 0 aliphatic carbocycles. The zero-order valence-electron chi connectivity index (χ0n) is 12.1. The molecule has 0 aromatic heterocycles. The van der Waals surface area contributed by atoms with Gasteiger partial charge < -0.3 is 19.9 Å². The van der Waals surface area contributed by atoms with E-state index in [-0.39, 0.29) is 23.8 Å². The Labute approximate surface area is 138 Å². The van der Waals surface area contributed by atoms with Crippen molar-refractivity contribution in [2.75, 3.05) is 13.7 Å². The number of ether oxygens (including phenoxy) is 2.